The second kappa shape index (κ2) is 8.98. The summed E-state index contributed by atoms with van der Waals surface area (Å²) in [6.07, 6.45) is 0. The Labute approximate surface area is 116 Å². The number of nitro benzene ring substituents is 1. The minimum Gasteiger partial charge on any atom is -1.00 e. The molecule has 0 unspecified atom stereocenters. The average molecular weight is 321 g/mol. The third kappa shape index (κ3) is 5.09. The van der Waals surface area contributed by atoms with Gasteiger partial charge in [-0.3, -0.25) is 10.1 Å². The molecule has 1 rings (SSSR count). The summed E-state index contributed by atoms with van der Waals surface area (Å²) in [6.45, 7) is 1.35. The van der Waals surface area contributed by atoms with Crippen LogP contribution in [0.25, 0.3) is 0 Å². The number of nitrogens with one attached hydrogen (secondary N) is 1. The van der Waals surface area contributed by atoms with Crippen molar-refractivity contribution in [2.24, 2.45) is 0 Å². The molecule has 0 heterocycles. The Hall–Kier alpha value is -1.02. The molecule has 0 spiro atoms. The monoisotopic (exact) mass is 320 g/mol. The van der Waals surface area contributed by atoms with Gasteiger partial charge in [0, 0.05) is 6.07 Å². The van der Waals surface area contributed by atoms with E-state index >= 15 is 0 Å². The van der Waals surface area contributed by atoms with Crippen LogP contribution in [0.5, 0.6) is 0 Å². The Bertz CT molecular complexity index is 370. The number of nitro groups is 1. The molecule has 102 valence electrons. The van der Waals surface area contributed by atoms with E-state index in [9.17, 15) is 10.1 Å². The SMILES string of the molecule is O=[N+]([O-])c1ccccc1C[NH+](CCO)CCO.[Br-]. The molecular weight excluding hydrogens is 304 g/mol. The number of hydrogen-bond donors (Lipinski definition) is 3. The molecule has 7 heteroatoms. The van der Waals surface area contributed by atoms with Crippen LogP contribution in [0.1, 0.15) is 5.56 Å². The van der Waals surface area contributed by atoms with E-state index in [2.05, 4.69) is 0 Å². The van der Waals surface area contributed by atoms with Crippen LogP contribution in [0.3, 0.4) is 0 Å². The van der Waals surface area contributed by atoms with Crippen molar-refractivity contribution < 1.29 is 37.0 Å². The number of quaternary nitrogens is 1. The number of rotatable bonds is 7. The maximum absolute atomic E-state index is 10.8. The predicted molar refractivity (Wildman–Crippen MR) is 61.7 cm³/mol. The summed E-state index contributed by atoms with van der Waals surface area (Å²) in [4.78, 5) is 11.3. The first-order valence-electron chi connectivity index (χ1n) is 5.46. The largest absolute Gasteiger partial charge is 1.00 e. The molecule has 1 aromatic carbocycles. The van der Waals surface area contributed by atoms with E-state index in [-0.39, 0.29) is 35.9 Å². The van der Waals surface area contributed by atoms with E-state index < -0.39 is 4.92 Å². The summed E-state index contributed by atoms with van der Waals surface area (Å²) in [5.74, 6) is 0. The molecule has 0 aliphatic heterocycles. The highest BCUT2D eigenvalue weighted by Gasteiger charge is 2.17. The van der Waals surface area contributed by atoms with Crippen molar-refractivity contribution in [1.82, 2.24) is 0 Å². The fourth-order valence-corrected chi connectivity index (χ4v) is 1.73. The third-order valence-corrected chi connectivity index (χ3v) is 2.56. The quantitative estimate of drug-likeness (QED) is 0.353. The summed E-state index contributed by atoms with van der Waals surface area (Å²) in [5.41, 5.74) is 0.704. The van der Waals surface area contributed by atoms with Crippen molar-refractivity contribution >= 4 is 5.69 Å². The van der Waals surface area contributed by atoms with Crippen molar-refractivity contribution in [2.45, 2.75) is 6.54 Å². The molecule has 0 aliphatic rings. The number of aliphatic hydroxyl groups is 2. The predicted octanol–water partition coefficient (Wildman–Crippen LogP) is -4.03. The fourth-order valence-electron chi connectivity index (χ4n) is 1.73. The normalized spacial score (nSPS) is 10.2. The zero-order valence-electron chi connectivity index (χ0n) is 9.88. The molecule has 18 heavy (non-hydrogen) atoms. The van der Waals surface area contributed by atoms with Gasteiger partial charge in [0.2, 0.25) is 0 Å². The first-order valence-corrected chi connectivity index (χ1v) is 5.46. The van der Waals surface area contributed by atoms with Gasteiger partial charge in [-0.15, -0.1) is 0 Å². The van der Waals surface area contributed by atoms with E-state index in [0.29, 0.717) is 25.2 Å². The van der Waals surface area contributed by atoms with Gasteiger partial charge in [-0.25, -0.2) is 0 Å². The van der Waals surface area contributed by atoms with Gasteiger partial charge in [-0.2, -0.15) is 0 Å². The van der Waals surface area contributed by atoms with Crippen LogP contribution in [0.15, 0.2) is 24.3 Å². The zero-order chi connectivity index (χ0) is 12.7. The van der Waals surface area contributed by atoms with Crippen molar-refractivity contribution in [3.63, 3.8) is 0 Å². The Morgan fingerprint density at radius 3 is 2.22 bits per heavy atom. The number of nitrogens with zero attached hydrogens (tertiary/aromatic N) is 1. The molecule has 0 radical (unpaired) electrons. The highest BCUT2D eigenvalue weighted by atomic mass is 79.9. The van der Waals surface area contributed by atoms with Gasteiger partial charge in [0.15, 0.2) is 0 Å². The Morgan fingerprint density at radius 1 is 1.17 bits per heavy atom. The summed E-state index contributed by atoms with van der Waals surface area (Å²) in [7, 11) is 0. The molecule has 0 bridgehead atoms. The first-order chi connectivity index (χ1) is 8.19. The molecule has 0 saturated heterocycles. The van der Waals surface area contributed by atoms with Gasteiger partial charge in [-0.05, 0) is 6.07 Å². The molecule has 0 aliphatic carbocycles. The minimum absolute atomic E-state index is 0. The highest BCUT2D eigenvalue weighted by Crippen LogP contribution is 2.16. The van der Waals surface area contributed by atoms with Crippen molar-refractivity contribution in [2.75, 3.05) is 26.3 Å². The van der Waals surface area contributed by atoms with Crippen molar-refractivity contribution in [3.8, 4) is 0 Å². The standard InChI is InChI=1S/C11H16N2O4.BrH/c14-7-5-12(6-8-15)9-10-3-1-2-4-11(10)13(16)17;/h1-4,14-15H,5-9H2;1H. The first kappa shape index (κ1) is 17.0. The molecule has 6 nitrogen and oxygen atoms in total. The second-order valence-electron chi connectivity index (χ2n) is 3.76. The highest BCUT2D eigenvalue weighted by molar-refractivity contribution is 5.38. The van der Waals surface area contributed by atoms with Crippen LogP contribution < -0.4 is 21.9 Å². The van der Waals surface area contributed by atoms with Crippen LogP contribution in [-0.4, -0.2) is 41.4 Å². The van der Waals surface area contributed by atoms with Crippen LogP contribution in [0.2, 0.25) is 0 Å². The van der Waals surface area contributed by atoms with Crippen LogP contribution in [0, 0.1) is 10.1 Å². The lowest BCUT2D eigenvalue weighted by molar-refractivity contribution is -0.914. The Balaban J connectivity index is 0.00000289. The molecule has 0 amide bonds. The zero-order valence-corrected chi connectivity index (χ0v) is 11.5. The van der Waals surface area contributed by atoms with E-state index in [1.165, 1.54) is 6.07 Å². The van der Waals surface area contributed by atoms with Crippen LogP contribution >= 0.6 is 0 Å². The molecule has 3 N–H and O–H groups in total. The molecular formula is C11H17BrN2O4. The van der Waals surface area contributed by atoms with Gasteiger partial charge in [-0.1, -0.05) is 12.1 Å². The summed E-state index contributed by atoms with van der Waals surface area (Å²) >= 11 is 0. The van der Waals surface area contributed by atoms with Crippen LogP contribution in [-0.2, 0) is 6.54 Å². The molecule has 0 fully saturated rings. The fraction of sp³-hybridized carbons (Fsp3) is 0.455. The lowest BCUT2D eigenvalue weighted by Crippen LogP contribution is -3.11. The number of para-hydroxylation sites is 1. The lowest BCUT2D eigenvalue weighted by Gasteiger charge is -2.17. The van der Waals surface area contributed by atoms with Gasteiger partial charge in [0.1, 0.15) is 19.6 Å². The molecule has 0 saturated carbocycles. The Kier molecular flexibility index (Phi) is 8.47. The number of benzene rings is 1. The molecule has 1 aromatic rings. The van der Waals surface area contributed by atoms with Crippen LogP contribution in [0.4, 0.5) is 5.69 Å². The maximum Gasteiger partial charge on any atom is 0.278 e. The summed E-state index contributed by atoms with van der Waals surface area (Å²) in [5, 5.41) is 28.6. The van der Waals surface area contributed by atoms with Gasteiger partial charge < -0.3 is 32.1 Å². The van der Waals surface area contributed by atoms with E-state index in [4.69, 9.17) is 10.2 Å². The minimum atomic E-state index is -0.412. The third-order valence-electron chi connectivity index (χ3n) is 2.56. The number of hydrogen-bond acceptors (Lipinski definition) is 4. The molecule has 0 aromatic heterocycles. The summed E-state index contributed by atoms with van der Waals surface area (Å²) in [6, 6.07) is 6.54. The second-order valence-corrected chi connectivity index (χ2v) is 3.76. The van der Waals surface area contributed by atoms with Gasteiger partial charge in [0.25, 0.3) is 5.69 Å². The van der Waals surface area contributed by atoms with Crippen molar-refractivity contribution in [3.05, 3.63) is 39.9 Å². The lowest BCUT2D eigenvalue weighted by atomic mass is 10.1. The van der Waals surface area contributed by atoms with Crippen molar-refractivity contribution in [1.29, 1.82) is 0 Å². The number of halogens is 1. The molecule has 0 atom stereocenters. The smallest absolute Gasteiger partial charge is 0.278 e. The number of aliphatic hydroxyl groups excluding tert-OH is 2. The Morgan fingerprint density at radius 2 is 1.72 bits per heavy atom. The van der Waals surface area contributed by atoms with E-state index in [1.807, 2.05) is 0 Å². The van der Waals surface area contributed by atoms with E-state index in [0.717, 1.165) is 4.90 Å². The summed E-state index contributed by atoms with van der Waals surface area (Å²) < 4.78 is 0. The average Bonchev–Trinajstić information content (AvgIpc) is 2.30. The maximum atomic E-state index is 10.8. The van der Waals surface area contributed by atoms with Gasteiger partial charge >= 0.3 is 0 Å². The van der Waals surface area contributed by atoms with E-state index in [1.54, 1.807) is 18.2 Å². The topological polar surface area (TPSA) is 88.0 Å². The van der Waals surface area contributed by atoms with Gasteiger partial charge in [0.05, 0.1) is 23.7 Å².